The quantitative estimate of drug-likeness (QED) is 0.181. The number of halogens is 1. The molecule has 5 aromatic rings. The maximum absolute atomic E-state index is 14.2. The molecule has 0 bridgehead atoms. The fourth-order valence-corrected chi connectivity index (χ4v) is 5.23. The first-order valence-electron chi connectivity index (χ1n) is 13.5. The van der Waals surface area contributed by atoms with Crippen LogP contribution < -0.4 is 5.32 Å². The lowest BCUT2D eigenvalue weighted by Crippen LogP contribution is -2.27. The first kappa shape index (κ1) is 27.1. The third kappa shape index (κ3) is 4.95. The standard InChI is InChI=1S/C30H28FN7O4/c1-17-11-23(31)25(38(40)41)12-24(17)34-28-32-14-21(19-13-33-37(15-19)29(39)42-30(2,3)4)26(35-28)22-16-36-10-6-8-18-7-5-9-20(22)27(18)36/h5,7,9,11-16H,6,8,10H2,1-4H3,(H,32,34,35). The van der Waals surface area contributed by atoms with Gasteiger partial charge in [-0.15, -0.1) is 0 Å². The number of nitro groups is 1. The van der Waals surface area contributed by atoms with Crippen LogP contribution in [0.5, 0.6) is 0 Å². The summed E-state index contributed by atoms with van der Waals surface area (Å²) in [5, 5.41) is 19.6. The monoisotopic (exact) mass is 569 g/mol. The number of benzene rings is 2. The highest BCUT2D eigenvalue weighted by atomic mass is 19.1. The van der Waals surface area contributed by atoms with Crippen LogP contribution >= 0.6 is 0 Å². The van der Waals surface area contributed by atoms with Gasteiger partial charge in [-0.3, -0.25) is 10.1 Å². The highest BCUT2D eigenvalue weighted by Gasteiger charge is 2.24. The number of rotatable bonds is 5. The molecule has 0 atom stereocenters. The Hall–Kier alpha value is -5.13. The zero-order valence-corrected chi connectivity index (χ0v) is 23.5. The second-order valence-electron chi connectivity index (χ2n) is 11.3. The Balaban J connectivity index is 1.49. The van der Waals surface area contributed by atoms with E-state index < -0.39 is 28.1 Å². The first-order chi connectivity index (χ1) is 20.0. The van der Waals surface area contributed by atoms with E-state index in [-0.39, 0.29) is 5.95 Å². The number of hydrogen-bond donors (Lipinski definition) is 1. The molecule has 1 N–H and O–H groups in total. The fourth-order valence-electron chi connectivity index (χ4n) is 5.23. The van der Waals surface area contributed by atoms with E-state index in [2.05, 4.69) is 32.2 Å². The van der Waals surface area contributed by atoms with Crippen LogP contribution in [0.15, 0.2) is 55.1 Å². The molecule has 0 radical (unpaired) electrons. The van der Waals surface area contributed by atoms with Gasteiger partial charge in [-0.2, -0.15) is 14.2 Å². The SMILES string of the molecule is Cc1cc(F)c([N+](=O)[O-])cc1Nc1ncc(-c2cnn(C(=O)OC(C)(C)C)c2)c(-c2cn3c4c(cccc24)CCC3)n1. The van der Waals surface area contributed by atoms with Crippen molar-refractivity contribution in [3.63, 3.8) is 0 Å². The molecule has 1 aliphatic rings. The second kappa shape index (κ2) is 10.1. The molecule has 0 spiro atoms. The Morgan fingerprint density at radius 1 is 1.17 bits per heavy atom. The van der Waals surface area contributed by atoms with Gasteiger partial charge in [-0.05, 0) is 57.7 Å². The van der Waals surface area contributed by atoms with E-state index in [1.807, 2.05) is 12.1 Å². The molecule has 0 amide bonds. The van der Waals surface area contributed by atoms with Crippen molar-refractivity contribution < 1.29 is 18.8 Å². The van der Waals surface area contributed by atoms with Gasteiger partial charge in [0, 0.05) is 53.3 Å². The Labute approximate surface area is 240 Å². The minimum absolute atomic E-state index is 0.171. The molecule has 1 aliphatic heterocycles. The third-order valence-corrected chi connectivity index (χ3v) is 7.08. The van der Waals surface area contributed by atoms with Crippen LogP contribution in [-0.2, 0) is 17.7 Å². The number of aromatic nitrogens is 5. The summed E-state index contributed by atoms with van der Waals surface area (Å²) >= 11 is 0. The van der Waals surface area contributed by atoms with Crippen molar-refractivity contribution >= 4 is 34.3 Å². The number of ether oxygens (including phenoxy) is 1. The Kier molecular flexibility index (Phi) is 6.48. The summed E-state index contributed by atoms with van der Waals surface area (Å²) < 4.78 is 23.0. The Morgan fingerprint density at radius 3 is 2.74 bits per heavy atom. The van der Waals surface area contributed by atoms with Gasteiger partial charge in [0.15, 0.2) is 0 Å². The third-order valence-electron chi connectivity index (χ3n) is 7.08. The number of nitrogens with zero attached hydrogens (tertiary/aromatic N) is 6. The van der Waals surface area contributed by atoms with Crippen molar-refractivity contribution in [3.05, 3.63) is 82.2 Å². The molecule has 214 valence electrons. The van der Waals surface area contributed by atoms with Crippen LogP contribution in [0.3, 0.4) is 0 Å². The van der Waals surface area contributed by atoms with Crippen LogP contribution in [0.25, 0.3) is 33.3 Å². The average molecular weight is 570 g/mol. The molecule has 42 heavy (non-hydrogen) atoms. The molecular weight excluding hydrogens is 541 g/mol. The number of nitro benzene ring substituents is 1. The molecule has 0 fully saturated rings. The molecule has 4 heterocycles. The number of carbonyl (C=O) groups is 1. The fraction of sp³-hybridized carbons (Fsp3) is 0.267. The summed E-state index contributed by atoms with van der Waals surface area (Å²) in [7, 11) is 0. The van der Waals surface area contributed by atoms with Crippen molar-refractivity contribution in [1.29, 1.82) is 0 Å². The number of nitrogens with one attached hydrogen (secondary N) is 1. The highest BCUT2D eigenvalue weighted by Crippen LogP contribution is 2.39. The predicted molar refractivity (Wildman–Crippen MR) is 155 cm³/mol. The minimum Gasteiger partial charge on any atom is -0.442 e. The number of hydrogen-bond acceptors (Lipinski definition) is 8. The largest absolute Gasteiger partial charge is 0.442 e. The van der Waals surface area contributed by atoms with Gasteiger partial charge < -0.3 is 14.6 Å². The summed E-state index contributed by atoms with van der Waals surface area (Å²) in [4.78, 5) is 32.6. The van der Waals surface area contributed by atoms with Crippen LogP contribution in [0, 0.1) is 22.9 Å². The van der Waals surface area contributed by atoms with Crippen LogP contribution in [0.1, 0.15) is 38.3 Å². The summed E-state index contributed by atoms with van der Waals surface area (Å²) in [6.45, 7) is 7.84. The molecule has 3 aromatic heterocycles. The molecule has 0 aliphatic carbocycles. The number of anilines is 2. The maximum atomic E-state index is 14.2. The van der Waals surface area contributed by atoms with Crippen LogP contribution in [0.2, 0.25) is 0 Å². The molecule has 6 rings (SSSR count). The molecule has 0 saturated carbocycles. The first-order valence-corrected chi connectivity index (χ1v) is 13.5. The van der Waals surface area contributed by atoms with E-state index in [4.69, 9.17) is 9.72 Å². The van der Waals surface area contributed by atoms with Gasteiger partial charge in [0.25, 0.3) is 0 Å². The van der Waals surface area contributed by atoms with Crippen molar-refractivity contribution in [1.82, 2.24) is 24.3 Å². The van der Waals surface area contributed by atoms with Gasteiger partial charge >= 0.3 is 11.8 Å². The zero-order valence-electron chi connectivity index (χ0n) is 23.5. The van der Waals surface area contributed by atoms with Crippen LogP contribution in [-0.4, -0.2) is 40.9 Å². The number of aryl methyl sites for hydroxylation is 3. The average Bonchev–Trinajstić information content (AvgIpc) is 3.56. The normalized spacial score (nSPS) is 12.9. The van der Waals surface area contributed by atoms with Crippen molar-refractivity contribution in [2.45, 2.75) is 52.7 Å². The predicted octanol–water partition coefficient (Wildman–Crippen LogP) is 6.79. The van der Waals surface area contributed by atoms with Gasteiger partial charge in [0.2, 0.25) is 11.8 Å². The summed E-state index contributed by atoms with van der Waals surface area (Å²) in [6, 6.07) is 8.44. The van der Waals surface area contributed by atoms with E-state index in [9.17, 15) is 19.3 Å². The summed E-state index contributed by atoms with van der Waals surface area (Å²) in [5.74, 6) is -0.750. The molecule has 2 aromatic carbocycles. The smallest absolute Gasteiger partial charge is 0.435 e. The molecule has 12 heteroatoms. The van der Waals surface area contributed by atoms with Crippen molar-refractivity contribution in [2.75, 3.05) is 5.32 Å². The van der Waals surface area contributed by atoms with Crippen molar-refractivity contribution in [2.24, 2.45) is 0 Å². The topological polar surface area (TPSA) is 130 Å². The van der Waals surface area contributed by atoms with Gasteiger partial charge in [-0.25, -0.2) is 14.8 Å². The zero-order chi connectivity index (χ0) is 29.8. The van der Waals surface area contributed by atoms with E-state index in [1.165, 1.54) is 5.56 Å². The Morgan fingerprint density at radius 2 is 1.98 bits per heavy atom. The lowest BCUT2D eigenvalue weighted by molar-refractivity contribution is -0.387. The molecule has 0 unspecified atom stereocenters. The van der Waals surface area contributed by atoms with E-state index in [0.717, 1.165) is 52.7 Å². The van der Waals surface area contributed by atoms with Gasteiger partial charge in [0.05, 0.1) is 28.0 Å². The lowest BCUT2D eigenvalue weighted by Gasteiger charge is -2.18. The van der Waals surface area contributed by atoms with Crippen LogP contribution in [0.4, 0.5) is 26.5 Å². The maximum Gasteiger partial charge on any atom is 0.435 e. The highest BCUT2D eigenvalue weighted by molar-refractivity contribution is 6.00. The molecule has 11 nitrogen and oxygen atoms in total. The lowest BCUT2D eigenvalue weighted by atomic mass is 9.99. The van der Waals surface area contributed by atoms with E-state index >= 15 is 0 Å². The molecular formula is C30H28FN7O4. The number of carbonyl (C=O) groups excluding carboxylic acids is 1. The minimum atomic E-state index is -0.920. The van der Waals surface area contributed by atoms with Gasteiger partial charge in [-0.1, -0.05) is 18.2 Å². The van der Waals surface area contributed by atoms with E-state index in [0.29, 0.717) is 28.1 Å². The van der Waals surface area contributed by atoms with Crippen molar-refractivity contribution in [3.8, 4) is 22.4 Å². The summed E-state index contributed by atoms with van der Waals surface area (Å²) in [6.07, 6.45) is 8.19. The molecule has 0 saturated heterocycles. The second-order valence-corrected chi connectivity index (χ2v) is 11.3. The number of para-hydroxylation sites is 1. The Bertz CT molecular complexity index is 1890. The van der Waals surface area contributed by atoms with E-state index in [1.54, 1.807) is 46.3 Å². The van der Waals surface area contributed by atoms with Gasteiger partial charge in [0.1, 0.15) is 5.60 Å². The summed E-state index contributed by atoms with van der Waals surface area (Å²) in [5.41, 5.74) is 4.49.